The number of hydrogen-bond acceptors (Lipinski definition) is 7. The van der Waals surface area contributed by atoms with E-state index in [1.165, 1.54) is 19.1 Å². The molecule has 0 atom stereocenters. The molecule has 0 saturated heterocycles. The maximum absolute atomic E-state index is 12.2. The summed E-state index contributed by atoms with van der Waals surface area (Å²) in [6.45, 7) is 14.4. The summed E-state index contributed by atoms with van der Waals surface area (Å²) in [4.78, 5) is 45.6. The normalized spacial score (nSPS) is 10.7. The Kier molecular flexibility index (Phi) is 18.6. The summed E-state index contributed by atoms with van der Waals surface area (Å²) in [5.74, 6) is -1.05. The second-order valence-corrected chi connectivity index (χ2v) is 7.67. The quantitative estimate of drug-likeness (QED) is 0.122. The SMILES string of the molecule is C=CC(=O)NCCCOCC(COCCCNC(C)=O)(COCCCNC(=O)C=C)NC(=O)C=C. The molecule has 0 aliphatic heterocycles. The summed E-state index contributed by atoms with van der Waals surface area (Å²) in [6.07, 6.45) is 5.26. The van der Waals surface area contributed by atoms with Crippen LogP contribution in [0.15, 0.2) is 38.0 Å². The van der Waals surface area contributed by atoms with Gasteiger partial charge in [0.15, 0.2) is 0 Å². The summed E-state index contributed by atoms with van der Waals surface area (Å²) in [5, 5.41) is 10.9. The third-order valence-corrected chi connectivity index (χ3v) is 4.45. The fourth-order valence-electron chi connectivity index (χ4n) is 2.70. The van der Waals surface area contributed by atoms with Crippen molar-refractivity contribution in [2.24, 2.45) is 0 Å². The van der Waals surface area contributed by atoms with Crippen LogP contribution in [-0.2, 0) is 33.4 Å². The van der Waals surface area contributed by atoms with Crippen LogP contribution in [0.25, 0.3) is 0 Å². The number of amides is 4. The molecule has 0 unspecified atom stereocenters. The van der Waals surface area contributed by atoms with E-state index in [2.05, 4.69) is 41.0 Å². The Bertz CT molecular complexity index is 665. The van der Waals surface area contributed by atoms with E-state index in [0.29, 0.717) is 58.7 Å². The number of carbonyl (C=O) groups excluding carboxylic acids is 4. The van der Waals surface area contributed by atoms with Gasteiger partial charge >= 0.3 is 0 Å². The molecule has 0 aromatic rings. The van der Waals surface area contributed by atoms with Crippen LogP contribution in [0.3, 0.4) is 0 Å². The minimum atomic E-state index is -0.992. The molecule has 0 aliphatic carbocycles. The zero-order valence-corrected chi connectivity index (χ0v) is 20.7. The maximum atomic E-state index is 12.2. The summed E-state index contributed by atoms with van der Waals surface area (Å²) in [6, 6.07) is 0. The van der Waals surface area contributed by atoms with Crippen LogP contribution in [0.2, 0.25) is 0 Å². The Labute approximate surface area is 207 Å². The molecule has 0 heterocycles. The van der Waals surface area contributed by atoms with Gasteiger partial charge in [-0.1, -0.05) is 19.7 Å². The molecule has 0 saturated carbocycles. The predicted octanol–water partition coefficient (Wildman–Crippen LogP) is -0.0120. The molecule has 11 nitrogen and oxygen atoms in total. The molecule has 198 valence electrons. The van der Waals surface area contributed by atoms with E-state index in [4.69, 9.17) is 14.2 Å². The van der Waals surface area contributed by atoms with Crippen LogP contribution < -0.4 is 21.3 Å². The molecule has 0 aromatic carbocycles. The topological polar surface area (TPSA) is 144 Å². The number of rotatable bonds is 22. The van der Waals surface area contributed by atoms with Crippen LogP contribution in [0, 0.1) is 0 Å². The van der Waals surface area contributed by atoms with Gasteiger partial charge in [-0.3, -0.25) is 19.2 Å². The largest absolute Gasteiger partial charge is 0.379 e. The van der Waals surface area contributed by atoms with Gasteiger partial charge in [-0.25, -0.2) is 0 Å². The third-order valence-electron chi connectivity index (χ3n) is 4.45. The lowest BCUT2D eigenvalue weighted by Crippen LogP contribution is -2.58. The van der Waals surface area contributed by atoms with Gasteiger partial charge in [0.1, 0.15) is 5.54 Å². The first-order valence-corrected chi connectivity index (χ1v) is 11.5. The summed E-state index contributed by atoms with van der Waals surface area (Å²) < 4.78 is 17.3. The molecule has 35 heavy (non-hydrogen) atoms. The van der Waals surface area contributed by atoms with E-state index in [-0.39, 0.29) is 37.5 Å². The van der Waals surface area contributed by atoms with Crippen molar-refractivity contribution in [3.05, 3.63) is 38.0 Å². The standard InChI is InChI=1S/C24H40N4O7/c1-5-21(30)26-12-9-15-34-18-24(28-23(32)7-3,17-33-14-8-11-25-20(4)29)19-35-16-10-13-27-22(31)6-2/h5-7H,1-3,8-19H2,4H3,(H,25,29)(H,26,30)(H,27,31)(H,28,32). The van der Waals surface area contributed by atoms with E-state index in [0.717, 1.165) is 6.08 Å². The van der Waals surface area contributed by atoms with Gasteiger partial charge < -0.3 is 35.5 Å². The van der Waals surface area contributed by atoms with Gasteiger partial charge in [0.05, 0.1) is 19.8 Å². The number of ether oxygens (including phenoxy) is 3. The Morgan fingerprint density at radius 2 is 1.03 bits per heavy atom. The van der Waals surface area contributed by atoms with E-state index < -0.39 is 11.4 Å². The van der Waals surface area contributed by atoms with Gasteiger partial charge in [-0.05, 0) is 37.5 Å². The first kappa shape index (κ1) is 32.0. The summed E-state index contributed by atoms with van der Waals surface area (Å²) in [7, 11) is 0. The van der Waals surface area contributed by atoms with Crippen molar-refractivity contribution in [2.45, 2.75) is 31.7 Å². The first-order chi connectivity index (χ1) is 16.8. The number of nitrogens with one attached hydrogen (secondary N) is 4. The lowest BCUT2D eigenvalue weighted by molar-refractivity contribution is -0.123. The highest BCUT2D eigenvalue weighted by molar-refractivity contribution is 5.87. The second-order valence-electron chi connectivity index (χ2n) is 7.67. The van der Waals surface area contributed by atoms with Crippen LogP contribution in [-0.4, -0.2) is 88.4 Å². The zero-order valence-electron chi connectivity index (χ0n) is 20.7. The van der Waals surface area contributed by atoms with E-state index in [1.54, 1.807) is 0 Å². The number of hydrogen-bond donors (Lipinski definition) is 4. The van der Waals surface area contributed by atoms with Crippen LogP contribution in [0.4, 0.5) is 0 Å². The Hall–Kier alpha value is -3.02. The average Bonchev–Trinajstić information content (AvgIpc) is 2.84. The van der Waals surface area contributed by atoms with Crippen LogP contribution >= 0.6 is 0 Å². The molecule has 0 radical (unpaired) electrons. The van der Waals surface area contributed by atoms with Crippen molar-refractivity contribution < 1.29 is 33.4 Å². The Morgan fingerprint density at radius 3 is 1.37 bits per heavy atom. The van der Waals surface area contributed by atoms with E-state index >= 15 is 0 Å². The van der Waals surface area contributed by atoms with Crippen molar-refractivity contribution in [1.82, 2.24) is 21.3 Å². The minimum absolute atomic E-state index is 0.0981. The van der Waals surface area contributed by atoms with E-state index in [9.17, 15) is 19.2 Å². The zero-order chi connectivity index (χ0) is 26.4. The molecule has 0 aromatic heterocycles. The smallest absolute Gasteiger partial charge is 0.244 e. The van der Waals surface area contributed by atoms with Gasteiger partial charge in [0.2, 0.25) is 23.6 Å². The minimum Gasteiger partial charge on any atom is -0.379 e. The summed E-state index contributed by atoms with van der Waals surface area (Å²) >= 11 is 0. The van der Waals surface area contributed by atoms with Crippen molar-refractivity contribution >= 4 is 23.6 Å². The fraction of sp³-hybridized carbons (Fsp3) is 0.583. The second kappa shape index (κ2) is 20.4. The molecule has 0 fully saturated rings. The molecule has 0 aliphatic rings. The molecule has 11 heteroatoms. The highest BCUT2D eigenvalue weighted by Crippen LogP contribution is 2.10. The van der Waals surface area contributed by atoms with E-state index in [1.807, 2.05) is 0 Å². The maximum Gasteiger partial charge on any atom is 0.244 e. The molecule has 0 rings (SSSR count). The van der Waals surface area contributed by atoms with Crippen molar-refractivity contribution in [1.29, 1.82) is 0 Å². The molecule has 4 amide bonds. The predicted molar refractivity (Wildman–Crippen MR) is 132 cm³/mol. The highest BCUT2D eigenvalue weighted by Gasteiger charge is 2.33. The Balaban J connectivity index is 4.90. The molecular formula is C24H40N4O7. The number of carbonyl (C=O) groups is 4. The van der Waals surface area contributed by atoms with Gasteiger partial charge in [-0.15, -0.1) is 0 Å². The first-order valence-electron chi connectivity index (χ1n) is 11.5. The van der Waals surface area contributed by atoms with Crippen LogP contribution in [0.1, 0.15) is 26.2 Å². The molecule has 0 bridgehead atoms. The van der Waals surface area contributed by atoms with Crippen molar-refractivity contribution in [3.63, 3.8) is 0 Å². The highest BCUT2D eigenvalue weighted by atomic mass is 16.5. The van der Waals surface area contributed by atoms with Gasteiger partial charge in [0, 0.05) is 46.4 Å². The average molecular weight is 497 g/mol. The van der Waals surface area contributed by atoms with Gasteiger partial charge in [-0.2, -0.15) is 0 Å². The summed E-state index contributed by atoms with van der Waals surface area (Å²) in [5.41, 5.74) is -0.992. The lowest BCUT2D eigenvalue weighted by Gasteiger charge is -2.34. The van der Waals surface area contributed by atoms with Gasteiger partial charge in [0.25, 0.3) is 0 Å². The Morgan fingerprint density at radius 1 is 0.657 bits per heavy atom. The van der Waals surface area contributed by atoms with Crippen molar-refractivity contribution in [2.75, 3.05) is 59.3 Å². The molecule has 4 N–H and O–H groups in total. The third kappa shape index (κ3) is 18.0. The van der Waals surface area contributed by atoms with Crippen LogP contribution in [0.5, 0.6) is 0 Å². The lowest BCUT2D eigenvalue weighted by atomic mass is 10.0. The fourth-order valence-corrected chi connectivity index (χ4v) is 2.70. The molecular weight excluding hydrogens is 456 g/mol. The van der Waals surface area contributed by atoms with Crippen molar-refractivity contribution in [3.8, 4) is 0 Å². The monoisotopic (exact) mass is 496 g/mol. The molecule has 0 spiro atoms.